The number of esters is 1. The first-order valence-corrected chi connectivity index (χ1v) is 9.68. The highest BCUT2D eigenvalue weighted by Crippen LogP contribution is 2.14. The number of carbonyl (C=O) groups is 2. The third-order valence-electron chi connectivity index (χ3n) is 4.33. The van der Waals surface area contributed by atoms with Crippen LogP contribution in [0.1, 0.15) is 34.2 Å². The van der Waals surface area contributed by atoms with Gasteiger partial charge in [0.1, 0.15) is 6.04 Å². The van der Waals surface area contributed by atoms with Gasteiger partial charge in [-0.1, -0.05) is 35.4 Å². The standard InChI is InChI=1S/C22H24N6O3/c1-13-7-9-17(10-8-13)25-22-27-18(26-21(23)28-22)12-31-20(30)15(3)24-19(29)16-6-4-5-14(2)11-16/h4-11,15H,12H2,1-3H3,(H,24,29)(H3,23,25,26,27,28)/t15-/m0/s1. The van der Waals surface area contributed by atoms with Crippen molar-refractivity contribution < 1.29 is 14.3 Å². The molecule has 0 bridgehead atoms. The number of amides is 1. The summed E-state index contributed by atoms with van der Waals surface area (Å²) in [5.41, 5.74) is 9.07. The Morgan fingerprint density at radius 1 is 1.03 bits per heavy atom. The number of nitrogens with one attached hydrogen (secondary N) is 2. The van der Waals surface area contributed by atoms with Gasteiger partial charge in [0.25, 0.3) is 5.91 Å². The molecule has 0 saturated carbocycles. The number of nitrogens with zero attached hydrogens (tertiary/aromatic N) is 3. The SMILES string of the molecule is Cc1ccc(Nc2nc(N)nc(COC(=O)[C@H](C)NC(=O)c3cccc(C)c3)n2)cc1. The fourth-order valence-corrected chi connectivity index (χ4v) is 2.71. The summed E-state index contributed by atoms with van der Waals surface area (Å²) < 4.78 is 5.24. The van der Waals surface area contributed by atoms with Gasteiger partial charge in [0, 0.05) is 11.3 Å². The van der Waals surface area contributed by atoms with Crippen LogP contribution < -0.4 is 16.4 Å². The van der Waals surface area contributed by atoms with E-state index in [1.54, 1.807) is 25.1 Å². The fraction of sp³-hybridized carbons (Fsp3) is 0.227. The summed E-state index contributed by atoms with van der Waals surface area (Å²) in [5.74, 6) is -0.553. The van der Waals surface area contributed by atoms with Crippen LogP contribution >= 0.6 is 0 Å². The van der Waals surface area contributed by atoms with Gasteiger partial charge in [0.2, 0.25) is 11.9 Å². The molecular weight excluding hydrogens is 396 g/mol. The molecule has 1 heterocycles. The van der Waals surface area contributed by atoms with E-state index in [0.29, 0.717) is 5.56 Å². The second kappa shape index (κ2) is 9.66. The van der Waals surface area contributed by atoms with Gasteiger partial charge in [-0.05, 0) is 45.0 Å². The van der Waals surface area contributed by atoms with Crippen LogP contribution in [0, 0.1) is 13.8 Å². The van der Waals surface area contributed by atoms with Crippen LogP contribution in [0.25, 0.3) is 0 Å². The molecule has 0 radical (unpaired) electrons. The molecule has 2 aromatic carbocycles. The minimum atomic E-state index is -0.850. The first-order valence-electron chi connectivity index (χ1n) is 9.68. The van der Waals surface area contributed by atoms with Crippen molar-refractivity contribution in [1.29, 1.82) is 0 Å². The number of benzene rings is 2. The third kappa shape index (κ3) is 6.23. The van der Waals surface area contributed by atoms with Crippen LogP contribution in [0.15, 0.2) is 48.5 Å². The number of hydrogen-bond acceptors (Lipinski definition) is 8. The summed E-state index contributed by atoms with van der Waals surface area (Å²) >= 11 is 0. The first-order chi connectivity index (χ1) is 14.8. The Hall–Kier alpha value is -4.01. The summed E-state index contributed by atoms with van der Waals surface area (Å²) in [6, 6.07) is 13.9. The van der Waals surface area contributed by atoms with Crippen LogP contribution in [-0.4, -0.2) is 32.9 Å². The number of rotatable bonds is 7. The minimum absolute atomic E-state index is 0.00328. The van der Waals surface area contributed by atoms with Gasteiger partial charge in [-0.2, -0.15) is 15.0 Å². The maximum absolute atomic E-state index is 12.3. The van der Waals surface area contributed by atoms with E-state index < -0.39 is 12.0 Å². The Morgan fingerprint density at radius 3 is 2.48 bits per heavy atom. The molecule has 0 aliphatic heterocycles. The van der Waals surface area contributed by atoms with E-state index in [4.69, 9.17) is 10.5 Å². The molecule has 3 aromatic rings. The number of carbonyl (C=O) groups excluding carboxylic acids is 2. The normalized spacial score (nSPS) is 11.5. The monoisotopic (exact) mass is 420 g/mol. The first kappa shape index (κ1) is 21.7. The summed E-state index contributed by atoms with van der Waals surface area (Å²) in [7, 11) is 0. The van der Waals surface area contributed by atoms with E-state index in [2.05, 4.69) is 25.6 Å². The number of ether oxygens (including phenoxy) is 1. The molecule has 9 nitrogen and oxygen atoms in total. The lowest BCUT2D eigenvalue weighted by molar-refractivity contribution is -0.147. The second-order valence-corrected chi connectivity index (χ2v) is 7.10. The van der Waals surface area contributed by atoms with Crippen molar-refractivity contribution in [2.75, 3.05) is 11.1 Å². The quantitative estimate of drug-likeness (QED) is 0.497. The Morgan fingerprint density at radius 2 is 1.77 bits per heavy atom. The van der Waals surface area contributed by atoms with Gasteiger partial charge in [-0.3, -0.25) is 4.79 Å². The largest absolute Gasteiger partial charge is 0.456 e. The van der Waals surface area contributed by atoms with Gasteiger partial charge in [-0.25, -0.2) is 4.79 Å². The van der Waals surface area contributed by atoms with Crippen molar-refractivity contribution in [3.8, 4) is 0 Å². The molecule has 0 aliphatic carbocycles. The molecule has 1 aromatic heterocycles. The Balaban J connectivity index is 1.58. The summed E-state index contributed by atoms with van der Waals surface area (Å²) in [4.78, 5) is 36.8. The zero-order chi connectivity index (χ0) is 22.4. The van der Waals surface area contributed by atoms with E-state index in [0.717, 1.165) is 16.8 Å². The maximum Gasteiger partial charge on any atom is 0.328 e. The highest BCUT2D eigenvalue weighted by molar-refractivity contribution is 5.96. The summed E-state index contributed by atoms with van der Waals surface area (Å²) in [6.07, 6.45) is 0. The maximum atomic E-state index is 12.3. The molecule has 4 N–H and O–H groups in total. The zero-order valence-electron chi connectivity index (χ0n) is 17.5. The van der Waals surface area contributed by atoms with Gasteiger partial charge >= 0.3 is 5.97 Å². The van der Waals surface area contributed by atoms with E-state index in [1.807, 2.05) is 44.2 Å². The lowest BCUT2D eigenvalue weighted by Crippen LogP contribution is -2.39. The van der Waals surface area contributed by atoms with E-state index in [9.17, 15) is 9.59 Å². The van der Waals surface area contributed by atoms with Gasteiger partial charge in [0.05, 0.1) is 0 Å². The predicted octanol–water partition coefficient (Wildman–Crippen LogP) is 2.68. The highest BCUT2D eigenvalue weighted by atomic mass is 16.5. The molecule has 0 aliphatic rings. The smallest absolute Gasteiger partial charge is 0.328 e. The van der Waals surface area contributed by atoms with E-state index >= 15 is 0 Å². The number of aromatic nitrogens is 3. The molecular formula is C22H24N6O3. The minimum Gasteiger partial charge on any atom is -0.456 e. The number of nitrogens with two attached hydrogens (primary N) is 1. The fourth-order valence-electron chi connectivity index (χ4n) is 2.71. The molecule has 3 rings (SSSR count). The average molecular weight is 420 g/mol. The van der Waals surface area contributed by atoms with Gasteiger partial charge < -0.3 is 21.1 Å². The molecule has 1 amide bonds. The van der Waals surface area contributed by atoms with Crippen LogP contribution in [0.4, 0.5) is 17.6 Å². The van der Waals surface area contributed by atoms with Crippen molar-refractivity contribution in [3.63, 3.8) is 0 Å². The van der Waals surface area contributed by atoms with Crippen molar-refractivity contribution in [2.24, 2.45) is 0 Å². The highest BCUT2D eigenvalue weighted by Gasteiger charge is 2.19. The molecule has 0 spiro atoms. The number of nitrogen functional groups attached to an aromatic ring is 1. The third-order valence-corrected chi connectivity index (χ3v) is 4.33. The molecule has 0 saturated heterocycles. The Bertz CT molecular complexity index is 1080. The number of hydrogen-bond donors (Lipinski definition) is 3. The number of aryl methyl sites for hydroxylation is 2. The van der Waals surface area contributed by atoms with Crippen molar-refractivity contribution in [3.05, 3.63) is 71.0 Å². The van der Waals surface area contributed by atoms with Crippen molar-refractivity contribution in [1.82, 2.24) is 20.3 Å². The Kier molecular flexibility index (Phi) is 6.76. The Labute approximate surface area is 180 Å². The predicted molar refractivity (Wildman–Crippen MR) is 117 cm³/mol. The summed E-state index contributed by atoms with van der Waals surface area (Å²) in [5, 5.41) is 5.65. The van der Waals surface area contributed by atoms with E-state index in [1.165, 1.54) is 0 Å². The second-order valence-electron chi connectivity index (χ2n) is 7.10. The lowest BCUT2D eigenvalue weighted by Gasteiger charge is -2.14. The molecule has 1 atom stereocenters. The van der Waals surface area contributed by atoms with Gasteiger partial charge in [0.15, 0.2) is 12.4 Å². The number of anilines is 3. The molecule has 0 unspecified atom stereocenters. The van der Waals surface area contributed by atoms with E-state index in [-0.39, 0.29) is 30.2 Å². The van der Waals surface area contributed by atoms with Crippen LogP contribution in [-0.2, 0) is 16.1 Å². The molecule has 160 valence electrons. The average Bonchev–Trinajstić information content (AvgIpc) is 2.73. The lowest BCUT2D eigenvalue weighted by atomic mass is 10.1. The molecule has 9 heteroatoms. The molecule has 0 fully saturated rings. The topological polar surface area (TPSA) is 132 Å². The van der Waals surface area contributed by atoms with Crippen LogP contribution in [0.5, 0.6) is 0 Å². The van der Waals surface area contributed by atoms with Crippen LogP contribution in [0.2, 0.25) is 0 Å². The van der Waals surface area contributed by atoms with Gasteiger partial charge in [-0.15, -0.1) is 0 Å². The zero-order valence-corrected chi connectivity index (χ0v) is 17.5. The summed E-state index contributed by atoms with van der Waals surface area (Å²) in [6.45, 7) is 5.21. The molecule has 31 heavy (non-hydrogen) atoms. The van der Waals surface area contributed by atoms with Crippen molar-refractivity contribution in [2.45, 2.75) is 33.4 Å². The van der Waals surface area contributed by atoms with Crippen molar-refractivity contribution >= 4 is 29.5 Å². The van der Waals surface area contributed by atoms with Crippen LogP contribution in [0.3, 0.4) is 0 Å².